The van der Waals surface area contributed by atoms with Gasteiger partial charge >= 0.3 is 5.97 Å². The molecule has 1 saturated heterocycles. The number of nitrogens with one attached hydrogen (secondary N) is 2. The zero-order valence-electron chi connectivity index (χ0n) is 12.0. The summed E-state index contributed by atoms with van der Waals surface area (Å²) in [7, 11) is 0. The number of piperidine rings is 1. The molecule has 0 radical (unpaired) electrons. The molecule has 21 heavy (non-hydrogen) atoms. The quantitative estimate of drug-likeness (QED) is 0.829. The molecule has 0 bridgehead atoms. The van der Waals surface area contributed by atoms with E-state index in [2.05, 4.69) is 10.6 Å². The molecule has 7 heteroatoms. The Kier molecular flexibility index (Phi) is 4.95. The first-order valence-electron chi connectivity index (χ1n) is 6.86. The first-order chi connectivity index (χ1) is 10.0. The number of ether oxygens (including phenoxy) is 1. The van der Waals surface area contributed by atoms with Gasteiger partial charge in [0.05, 0.1) is 17.5 Å². The molecule has 0 saturated carbocycles. The maximum absolute atomic E-state index is 12.1. The highest BCUT2D eigenvalue weighted by atomic mass is 32.1. The molecule has 1 fully saturated rings. The number of thiophene rings is 1. The average Bonchev–Trinajstić information content (AvgIpc) is 2.80. The third-order valence-electron chi connectivity index (χ3n) is 3.26. The van der Waals surface area contributed by atoms with Crippen LogP contribution in [0.2, 0.25) is 0 Å². The minimum absolute atomic E-state index is 0.0179. The Hall–Kier alpha value is -1.89. The van der Waals surface area contributed by atoms with E-state index in [-0.39, 0.29) is 23.7 Å². The lowest BCUT2D eigenvalue weighted by Crippen LogP contribution is -2.40. The minimum atomic E-state index is -0.370. The average molecular weight is 310 g/mol. The lowest BCUT2D eigenvalue weighted by Gasteiger charge is -2.21. The van der Waals surface area contributed by atoms with E-state index in [4.69, 9.17) is 4.74 Å². The number of aryl methyl sites for hydroxylation is 1. The van der Waals surface area contributed by atoms with Crippen LogP contribution in [-0.4, -0.2) is 30.9 Å². The molecule has 0 aromatic carbocycles. The highest BCUT2D eigenvalue weighted by Gasteiger charge is 2.25. The summed E-state index contributed by atoms with van der Waals surface area (Å²) in [6.07, 6.45) is 0.919. The SMILES string of the molecule is CCOC(=O)c1sc(NC(=O)C2CCC(=O)NC2)cc1C. The van der Waals surface area contributed by atoms with Gasteiger partial charge in [-0.25, -0.2) is 4.79 Å². The van der Waals surface area contributed by atoms with Crippen LogP contribution in [0.4, 0.5) is 5.00 Å². The van der Waals surface area contributed by atoms with Crippen LogP contribution >= 0.6 is 11.3 Å². The van der Waals surface area contributed by atoms with Gasteiger partial charge in [-0.05, 0) is 31.9 Å². The Balaban J connectivity index is 2.00. The highest BCUT2D eigenvalue weighted by Crippen LogP contribution is 2.28. The van der Waals surface area contributed by atoms with E-state index in [1.165, 1.54) is 11.3 Å². The molecular formula is C14H18N2O4S. The number of hydrogen-bond acceptors (Lipinski definition) is 5. The predicted octanol–water partition coefficient (Wildman–Crippen LogP) is 1.70. The Morgan fingerprint density at radius 1 is 1.52 bits per heavy atom. The standard InChI is InChI=1S/C14H18N2O4S/c1-3-20-14(19)12-8(2)6-11(21-12)16-13(18)9-4-5-10(17)15-7-9/h6,9H,3-5,7H2,1-2H3,(H,15,17)(H,16,18). The molecule has 6 nitrogen and oxygen atoms in total. The third-order valence-corrected chi connectivity index (χ3v) is 4.39. The largest absolute Gasteiger partial charge is 0.462 e. The maximum atomic E-state index is 12.1. The van der Waals surface area contributed by atoms with Crippen molar-refractivity contribution in [2.45, 2.75) is 26.7 Å². The van der Waals surface area contributed by atoms with Gasteiger partial charge in [0.1, 0.15) is 4.88 Å². The zero-order chi connectivity index (χ0) is 15.4. The summed E-state index contributed by atoms with van der Waals surface area (Å²) in [5, 5.41) is 6.11. The summed E-state index contributed by atoms with van der Waals surface area (Å²) in [6.45, 7) is 4.24. The van der Waals surface area contributed by atoms with Crippen molar-refractivity contribution in [3.63, 3.8) is 0 Å². The lowest BCUT2D eigenvalue weighted by molar-refractivity contribution is -0.126. The van der Waals surface area contributed by atoms with Crippen LogP contribution in [0.5, 0.6) is 0 Å². The minimum Gasteiger partial charge on any atom is -0.462 e. The zero-order valence-corrected chi connectivity index (χ0v) is 12.8. The number of rotatable bonds is 4. The van der Waals surface area contributed by atoms with Crippen molar-refractivity contribution in [1.29, 1.82) is 0 Å². The second-order valence-corrected chi connectivity index (χ2v) is 5.92. The Morgan fingerprint density at radius 3 is 2.90 bits per heavy atom. The molecule has 1 aromatic rings. The smallest absolute Gasteiger partial charge is 0.348 e. The van der Waals surface area contributed by atoms with E-state index in [1.54, 1.807) is 19.9 Å². The number of esters is 1. The molecule has 1 aliphatic heterocycles. The topological polar surface area (TPSA) is 84.5 Å². The van der Waals surface area contributed by atoms with E-state index >= 15 is 0 Å². The lowest BCUT2D eigenvalue weighted by atomic mass is 9.98. The van der Waals surface area contributed by atoms with Crippen molar-refractivity contribution in [2.24, 2.45) is 5.92 Å². The third kappa shape index (κ3) is 3.81. The van der Waals surface area contributed by atoms with Crippen LogP contribution in [0, 0.1) is 12.8 Å². The van der Waals surface area contributed by atoms with Crippen molar-refractivity contribution < 1.29 is 19.1 Å². The summed E-state index contributed by atoms with van der Waals surface area (Å²) >= 11 is 1.21. The van der Waals surface area contributed by atoms with Crippen molar-refractivity contribution in [3.8, 4) is 0 Å². The second kappa shape index (κ2) is 6.71. The summed E-state index contributed by atoms with van der Waals surface area (Å²) < 4.78 is 4.97. The maximum Gasteiger partial charge on any atom is 0.348 e. The summed E-state index contributed by atoms with van der Waals surface area (Å²) in [4.78, 5) is 35.4. The fourth-order valence-corrected chi connectivity index (χ4v) is 3.09. The van der Waals surface area contributed by atoms with Gasteiger partial charge in [-0.3, -0.25) is 9.59 Å². The molecule has 1 atom stereocenters. The predicted molar refractivity (Wildman–Crippen MR) is 79.4 cm³/mol. The van der Waals surface area contributed by atoms with Crippen LogP contribution in [0.15, 0.2) is 6.07 Å². The molecule has 114 valence electrons. The fraction of sp³-hybridized carbons (Fsp3) is 0.500. The molecule has 1 aliphatic rings. The number of carbonyl (C=O) groups is 3. The van der Waals surface area contributed by atoms with Gasteiger partial charge in [-0.15, -0.1) is 11.3 Å². The van der Waals surface area contributed by atoms with Crippen LogP contribution in [-0.2, 0) is 14.3 Å². The first kappa shape index (κ1) is 15.5. The number of hydrogen-bond donors (Lipinski definition) is 2. The number of carbonyl (C=O) groups excluding carboxylic acids is 3. The van der Waals surface area contributed by atoms with Crippen LogP contribution in [0.1, 0.15) is 35.0 Å². The van der Waals surface area contributed by atoms with Crippen LogP contribution in [0.3, 0.4) is 0 Å². The van der Waals surface area contributed by atoms with Crippen LogP contribution in [0.25, 0.3) is 0 Å². The van der Waals surface area contributed by atoms with Gasteiger partial charge in [0.2, 0.25) is 11.8 Å². The van der Waals surface area contributed by atoms with Gasteiger partial charge < -0.3 is 15.4 Å². The number of anilines is 1. The van der Waals surface area contributed by atoms with E-state index in [0.717, 1.165) is 5.56 Å². The molecular weight excluding hydrogens is 292 g/mol. The summed E-state index contributed by atoms with van der Waals surface area (Å²) in [5.41, 5.74) is 0.783. The highest BCUT2D eigenvalue weighted by molar-refractivity contribution is 7.18. The van der Waals surface area contributed by atoms with Gasteiger partial charge in [-0.1, -0.05) is 0 Å². The van der Waals surface area contributed by atoms with Gasteiger partial charge in [-0.2, -0.15) is 0 Å². The molecule has 1 unspecified atom stereocenters. The number of amides is 2. The van der Waals surface area contributed by atoms with E-state index < -0.39 is 0 Å². The van der Waals surface area contributed by atoms with Crippen molar-refractivity contribution in [2.75, 3.05) is 18.5 Å². The first-order valence-corrected chi connectivity index (χ1v) is 7.68. The summed E-state index contributed by atoms with van der Waals surface area (Å²) in [6, 6.07) is 1.76. The van der Waals surface area contributed by atoms with Crippen molar-refractivity contribution in [1.82, 2.24) is 5.32 Å². The molecule has 2 N–H and O–H groups in total. The molecule has 1 aromatic heterocycles. The Morgan fingerprint density at radius 2 is 2.29 bits per heavy atom. The van der Waals surface area contributed by atoms with E-state index in [0.29, 0.717) is 35.9 Å². The van der Waals surface area contributed by atoms with Crippen molar-refractivity contribution >= 4 is 34.1 Å². The van der Waals surface area contributed by atoms with Crippen molar-refractivity contribution in [3.05, 3.63) is 16.5 Å². The second-order valence-electron chi connectivity index (χ2n) is 4.87. The van der Waals surface area contributed by atoms with Crippen LogP contribution < -0.4 is 10.6 Å². The van der Waals surface area contributed by atoms with Gasteiger partial charge in [0.25, 0.3) is 0 Å². The summed E-state index contributed by atoms with van der Waals surface area (Å²) in [5.74, 6) is -0.746. The Bertz CT molecular complexity index is 557. The van der Waals surface area contributed by atoms with E-state index in [1.807, 2.05) is 0 Å². The molecule has 2 amide bonds. The molecule has 2 rings (SSSR count). The monoisotopic (exact) mass is 310 g/mol. The molecule has 0 aliphatic carbocycles. The molecule has 0 spiro atoms. The van der Waals surface area contributed by atoms with E-state index in [9.17, 15) is 14.4 Å². The fourth-order valence-electron chi connectivity index (χ4n) is 2.12. The van der Waals surface area contributed by atoms with Gasteiger partial charge in [0.15, 0.2) is 0 Å². The molecule has 2 heterocycles. The van der Waals surface area contributed by atoms with Gasteiger partial charge in [0, 0.05) is 13.0 Å². The Labute approximate surface area is 126 Å². The normalized spacial score (nSPS) is 18.0.